The minimum atomic E-state index is -0.172. The Morgan fingerprint density at radius 2 is 2.30 bits per heavy atom. The first-order valence-electron chi connectivity index (χ1n) is 3.82. The average Bonchev–Trinajstić information content (AvgIpc) is 1.89. The van der Waals surface area contributed by atoms with E-state index >= 15 is 0 Å². The fourth-order valence-corrected chi connectivity index (χ4v) is 1.36. The molecule has 0 aromatic heterocycles. The fraction of sp³-hybridized carbons (Fsp3) is 0.875. The van der Waals surface area contributed by atoms with E-state index in [1.807, 2.05) is 13.8 Å². The monoisotopic (exact) mass is 142 g/mol. The summed E-state index contributed by atoms with van der Waals surface area (Å²) in [5.41, 5.74) is -0.172. The van der Waals surface area contributed by atoms with Gasteiger partial charge in [0, 0.05) is 0 Å². The molecule has 2 unspecified atom stereocenters. The third-order valence-corrected chi connectivity index (χ3v) is 2.42. The Hall–Kier alpha value is -0.530. The summed E-state index contributed by atoms with van der Waals surface area (Å²) in [6.07, 6.45) is 2.13. The van der Waals surface area contributed by atoms with Crippen LogP contribution in [0.25, 0.3) is 0 Å². The molecule has 2 heteroatoms. The Labute approximate surface area is 61.6 Å². The van der Waals surface area contributed by atoms with Gasteiger partial charge in [0.2, 0.25) is 0 Å². The van der Waals surface area contributed by atoms with Crippen LogP contribution in [0.2, 0.25) is 0 Å². The van der Waals surface area contributed by atoms with Gasteiger partial charge in [0.05, 0.1) is 0 Å². The maximum atomic E-state index is 10.9. The van der Waals surface area contributed by atoms with Crippen LogP contribution in [0.3, 0.4) is 0 Å². The molecule has 58 valence electrons. The molecule has 0 amide bonds. The third-order valence-electron chi connectivity index (χ3n) is 2.42. The van der Waals surface area contributed by atoms with Crippen molar-refractivity contribution in [2.75, 3.05) is 0 Å². The van der Waals surface area contributed by atoms with Crippen LogP contribution in [0.5, 0.6) is 0 Å². The standard InChI is InChI=1S/C8H14O2/c1-4-5-8(3)6(2)10-7(8)9/h6H,4-5H2,1-3H3. The molecule has 1 fully saturated rings. The summed E-state index contributed by atoms with van der Waals surface area (Å²) in [4.78, 5) is 10.9. The molecule has 1 aliphatic rings. The van der Waals surface area contributed by atoms with Crippen molar-refractivity contribution in [3.63, 3.8) is 0 Å². The zero-order chi connectivity index (χ0) is 7.78. The van der Waals surface area contributed by atoms with E-state index in [-0.39, 0.29) is 17.5 Å². The fourth-order valence-electron chi connectivity index (χ4n) is 1.36. The van der Waals surface area contributed by atoms with Gasteiger partial charge in [-0.1, -0.05) is 13.3 Å². The highest BCUT2D eigenvalue weighted by molar-refractivity contribution is 5.82. The van der Waals surface area contributed by atoms with Gasteiger partial charge in [0.15, 0.2) is 0 Å². The van der Waals surface area contributed by atoms with E-state index in [4.69, 9.17) is 4.74 Å². The molecular weight excluding hydrogens is 128 g/mol. The molecule has 0 aromatic carbocycles. The number of rotatable bonds is 2. The van der Waals surface area contributed by atoms with E-state index in [9.17, 15) is 4.79 Å². The second-order valence-electron chi connectivity index (χ2n) is 3.22. The zero-order valence-electron chi connectivity index (χ0n) is 6.81. The lowest BCUT2D eigenvalue weighted by Gasteiger charge is -2.42. The maximum Gasteiger partial charge on any atom is 0.315 e. The highest BCUT2D eigenvalue weighted by atomic mass is 16.6. The molecule has 0 saturated carbocycles. The molecular formula is C8H14O2. The number of esters is 1. The van der Waals surface area contributed by atoms with Crippen LogP contribution >= 0.6 is 0 Å². The molecule has 2 nitrogen and oxygen atoms in total. The normalized spacial score (nSPS) is 38.7. The van der Waals surface area contributed by atoms with Crippen molar-refractivity contribution in [1.82, 2.24) is 0 Å². The zero-order valence-corrected chi connectivity index (χ0v) is 6.81. The van der Waals surface area contributed by atoms with Crippen molar-refractivity contribution in [2.24, 2.45) is 5.41 Å². The minimum Gasteiger partial charge on any atom is -0.461 e. The van der Waals surface area contributed by atoms with E-state index in [0.29, 0.717) is 0 Å². The van der Waals surface area contributed by atoms with Crippen LogP contribution in [0.1, 0.15) is 33.6 Å². The average molecular weight is 142 g/mol. The number of hydrogen-bond acceptors (Lipinski definition) is 2. The Balaban J connectivity index is 2.57. The first-order valence-corrected chi connectivity index (χ1v) is 3.82. The number of carbonyl (C=O) groups excluding carboxylic acids is 1. The molecule has 0 aromatic rings. The van der Waals surface area contributed by atoms with E-state index in [0.717, 1.165) is 12.8 Å². The van der Waals surface area contributed by atoms with E-state index in [1.54, 1.807) is 0 Å². The largest absolute Gasteiger partial charge is 0.461 e. The molecule has 0 spiro atoms. The van der Waals surface area contributed by atoms with Gasteiger partial charge in [0.1, 0.15) is 11.5 Å². The van der Waals surface area contributed by atoms with Gasteiger partial charge in [-0.15, -0.1) is 0 Å². The lowest BCUT2D eigenvalue weighted by molar-refractivity contribution is -0.201. The summed E-state index contributed by atoms with van der Waals surface area (Å²) in [6, 6.07) is 0. The van der Waals surface area contributed by atoms with Crippen molar-refractivity contribution in [3.8, 4) is 0 Å². The lowest BCUT2D eigenvalue weighted by Crippen LogP contribution is -2.52. The SMILES string of the molecule is CCCC1(C)C(=O)OC1C. The van der Waals surface area contributed by atoms with Crippen molar-refractivity contribution < 1.29 is 9.53 Å². The van der Waals surface area contributed by atoms with Gasteiger partial charge in [-0.3, -0.25) is 4.79 Å². The van der Waals surface area contributed by atoms with Crippen LogP contribution in [-0.4, -0.2) is 12.1 Å². The van der Waals surface area contributed by atoms with Crippen molar-refractivity contribution in [3.05, 3.63) is 0 Å². The van der Waals surface area contributed by atoms with Gasteiger partial charge in [-0.05, 0) is 20.3 Å². The number of ether oxygens (including phenoxy) is 1. The summed E-state index contributed by atoms with van der Waals surface area (Å²) in [5, 5.41) is 0. The summed E-state index contributed by atoms with van der Waals surface area (Å²) in [7, 11) is 0. The van der Waals surface area contributed by atoms with Crippen molar-refractivity contribution in [1.29, 1.82) is 0 Å². The van der Waals surface area contributed by atoms with E-state index in [2.05, 4.69) is 6.92 Å². The molecule has 2 atom stereocenters. The highest BCUT2D eigenvalue weighted by Gasteiger charge is 2.50. The molecule has 0 radical (unpaired) electrons. The summed E-state index contributed by atoms with van der Waals surface area (Å²) < 4.78 is 4.87. The second kappa shape index (κ2) is 2.26. The van der Waals surface area contributed by atoms with Crippen molar-refractivity contribution in [2.45, 2.75) is 39.7 Å². The molecule has 0 aliphatic carbocycles. The van der Waals surface area contributed by atoms with Gasteiger partial charge < -0.3 is 4.74 Å². The third kappa shape index (κ3) is 0.825. The predicted octanol–water partition coefficient (Wildman–Crippen LogP) is 1.74. The second-order valence-corrected chi connectivity index (χ2v) is 3.22. The van der Waals surface area contributed by atoms with E-state index < -0.39 is 0 Å². The Morgan fingerprint density at radius 1 is 1.70 bits per heavy atom. The number of carbonyl (C=O) groups is 1. The van der Waals surface area contributed by atoms with Gasteiger partial charge in [-0.2, -0.15) is 0 Å². The summed E-state index contributed by atoms with van der Waals surface area (Å²) >= 11 is 0. The van der Waals surface area contributed by atoms with Crippen LogP contribution in [0.15, 0.2) is 0 Å². The molecule has 1 rings (SSSR count). The minimum absolute atomic E-state index is 0.0261. The van der Waals surface area contributed by atoms with Crippen LogP contribution in [0, 0.1) is 5.41 Å². The smallest absolute Gasteiger partial charge is 0.315 e. The highest BCUT2D eigenvalue weighted by Crippen LogP contribution is 2.39. The summed E-state index contributed by atoms with van der Waals surface area (Å²) in [5.74, 6) is -0.0261. The van der Waals surface area contributed by atoms with Gasteiger partial charge >= 0.3 is 5.97 Å². The topological polar surface area (TPSA) is 26.3 Å². The summed E-state index contributed by atoms with van der Waals surface area (Å²) in [6.45, 7) is 6.02. The Kier molecular flexibility index (Phi) is 1.71. The maximum absolute atomic E-state index is 10.9. The van der Waals surface area contributed by atoms with Crippen LogP contribution < -0.4 is 0 Å². The molecule has 10 heavy (non-hydrogen) atoms. The molecule has 0 bridgehead atoms. The Bertz CT molecular complexity index is 153. The molecule has 1 saturated heterocycles. The quantitative estimate of drug-likeness (QED) is 0.549. The molecule has 1 aliphatic heterocycles. The van der Waals surface area contributed by atoms with Crippen LogP contribution in [-0.2, 0) is 9.53 Å². The number of cyclic esters (lactones) is 1. The predicted molar refractivity (Wildman–Crippen MR) is 38.6 cm³/mol. The lowest BCUT2D eigenvalue weighted by atomic mass is 9.76. The van der Waals surface area contributed by atoms with E-state index in [1.165, 1.54) is 0 Å². The Morgan fingerprint density at radius 3 is 2.50 bits per heavy atom. The van der Waals surface area contributed by atoms with Crippen molar-refractivity contribution >= 4 is 5.97 Å². The molecule has 1 heterocycles. The van der Waals surface area contributed by atoms with Crippen LogP contribution in [0.4, 0.5) is 0 Å². The van der Waals surface area contributed by atoms with Gasteiger partial charge in [-0.25, -0.2) is 0 Å². The number of hydrogen-bond donors (Lipinski definition) is 0. The molecule has 0 N–H and O–H groups in total. The first-order chi connectivity index (χ1) is 4.61. The van der Waals surface area contributed by atoms with Gasteiger partial charge in [0.25, 0.3) is 0 Å². The first kappa shape index (κ1) is 7.58.